The summed E-state index contributed by atoms with van der Waals surface area (Å²) in [6.45, 7) is 3.67. The Balaban J connectivity index is 2.13. The van der Waals surface area contributed by atoms with Crippen LogP contribution in [0.2, 0.25) is 0 Å². The van der Waals surface area contributed by atoms with E-state index in [0.29, 0.717) is 12.0 Å². The third kappa shape index (κ3) is 6.32. The van der Waals surface area contributed by atoms with Crippen molar-refractivity contribution in [2.24, 2.45) is 0 Å². The molecule has 2 aromatic carbocycles. The minimum Gasteiger partial charge on any atom is -0.352 e. The second-order valence-corrected chi connectivity index (χ2v) is 8.05. The molecule has 0 saturated heterocycles. The predicted octanol–water partition coefficient (Wildman–Crippen LogP) is 2.41. The monoisotopic (exact) mass is 360 g/mol. The molecule has 2 aromatic rings. The van der Waals surface area contributed by atoms with Crippen LogP contribution >= 0.6 is 0 Å². The van der Waals surface area contributed by atoms with Crippen LogP contribution in [0.1, 0.15) is 31.0 Å². The third-order valence-electron chi connectivity index (χ3n) is 3.63. The van der Waals surface area contributed by atoms with Crippen molar-refractivity contribution < 1.29 is 13.2 Å². The van der Waals surface area contributed by atoms with Crippen LogP contribution in [-0.4, -0.2) is 26.1 Å². The molecule has 25 heavy (non-hydrogen) atoms. The van der Waals surface area contributed by atoms with E-state index in [-0.39, 0.29) is 17.7 Å². The van der Waals surface area contributed by atoms with Crippen molar-refractivity contribution in [1.82, 2.24) is 10.0 Å². The highest BCUT2D eigenvalue weighted by atomic mass is 32.2. The van der Waals surface area contributed by atoms with Gasteiger partial charge in [0.2, 0.25) is 15.9 Å². The molecule has 0 bridgehead atoms. The first-order valence-corrected chi connectivity index (χ1v) is 9.92. The molecule has 0 heterocycles. The van der Waals surface area contributed by atoms with E-state index in [9.17, 15) is 13.2 Å². The third-order valence-corrected chi connectivity index (χ3v) is 4.96. The van der Waals surface area contributed by atoms with Gasteiger partial charge < -0.3 is 5.32 Å². The van der Waals surface area contributed by atoms with Crippen molar-refractivity contribution in [2.45, 2.75) is 32.4 Å². The van der Waals surface area contributed by atoms with Gasteiger partial charge in [-0.15, -0.1) is 0 Å². The fourth-order valence-electron chi connectivity index (χ4n) is 2.42. The van der Waals surface area contributed by atoms with Gasteiger partial charge in [0, 0.05) is 6.04 Å². The van der Waals surface area contributed by atoms with E-state index in [2.05, 4.69) is 10.0 Å². The van der Waals surface area contributed by atoms with E-state index in [0.717, 1.165) is 5.56 Å². The summed E-state index contributed by atoms with van der Waals surface area (Å²) in [5.74, 6) is -0.431. The molecule has 0 aliphatic heterocycles. The minimum absolute atomic E-state index is 0.0741. The number of carbonyl (C=O) groups is 1. The van der Waals surface area contributed by atoms with Crippen molar-refractivity contribution in [3.8, 4) is 0 Å². The largest absolute Gasteiger partial charge is 0.352 e. The highest BCUT2D eigenvalue weighted by Gasteiger charge is 2.26. The van der Waals surface area contributed by atoms with Crippen molar-refractivity contribution in [1.29, 1.82) is 0 Å². The molecule has 0 aliphatic carbocycles. The quantitative estimate of drug-likeness (QED) is 0.759. The number of benzene rings is 2. The summed E-state index contributed by atoms with van der Waals surface area (Å²) in [5, 5.41) is 2.77. The Morgan fingerprint density at radius 1 is 0.960 bits per heavy atom. The summed E-state index contributed by atoms with van der Waals surface area (Å²) in [4.78, 5) is 12.5. The smallest absolute Gasteiger partial charge is 0.242 e. The number of sulfonamides is 1. The molecule has 6 heteroatoms. The van der Waals surface area contributed by atoms with Crippen LogP contribution in [0.15, 0.2) is 60.7 Å². The molecule has 1 atom stereocenters. The molecule has 134 valence electrons. The maximum absolute atomic E-state index is 12.5. The zero-order valence-corrected chi connectivity index (χ0v) is 15.3. The molecule has 0 fully saturated rings. The van der Waals surface area contributed by atoms with Crippen LogP contribution in [0.5, 0.6) is 0 Å². The number of nitrogens with one attached hydrogen (secondary N) is 2. The van der Waals surface area contributed by atoms with Crippen LogP contribution in [-0.2, 0) is 21.2 Å². The average Bonchev–Trinajstić information content (AvgIpc) is 2.59. The lowest BCUT2D eigenvalue weighted by Gasteiger charge is -2.20. The number of rotatable bonds is 8. The van der Waals surface area contributed by atoms with Gasteiger partial charge in [0.15, 0.2) is 0 Å². The first-order valence-electron chi connectivity index (χ1n) is 8.26. The summed E-state index contributed by atoms with van der Waals surface area (Å²) in [6.07, 6.45) is 0.392. The van der Waals surface area contributed by atoms with Crippen LogP contribution < -0.4 is 10.0 Å². The van der Waals surface area contributed by atoms with Crippen LogP contribution in [0, 0.1) is 0 Å². The topological polar surface area (TPSA) is 75.3 Å². The zero-order chi connectivity index (χ0) is 18.3. The van der Waals surface area contributed by atoms with E-state index < -0.39 is 16.1 Å². The molecule has 0 radical (unpaired) electrons. The standard InChI is InChI=1S/C19H24N2O3S/c1-15(2)20-19(22)18(17-11-7-4-8-12-17)21-25(23,24)14-13-16-9-5-3-6-10-16/h3-12,15,18,21H,13-14H2,1-2H3,(H,20,22)/t18-/m0/s1. The van der Waals surface area contributed by atoms with Gasteiger partial charge in [-0.3, -0.25) is 4.79 Å². The van der Waals surface area contributed by atoms with Gasteiger partial charge in [-0.25, -0.2) is 8.42 Å². The number of hydrogen-bond donors (Lipinski definition) is 2. The molecule has 2 N–H and O–H groups in total. The zero-order valence-electron chi connectivity index (χ0n) is 14.5. The Hall–Kier alpha value is -2.18. The summed E-state index contributed by atoms with van der Waals surface area (Å²) in [6, 6.07) is 17.3. The molecule has 1 amide bonds. The van der Waals surface area contributed by atoms with E-state index in [1.54, 1.807) is 24.3 Å². The number of amides is 1. The lowest BCUT2D eigenvalue weighted by molar-refractivity contribution is -0.123. The number of carbonyl (C=O) groups excluding carboxylic acids is 1. The van der Waals surface area contributed by atoms with Crippen molar-refractivity contribution >= 4 is 15.9 Å². The normalized spacial score (nSPS) is 12.8. The van der Waals surface area contributed by atoms with Crippen LogP contribution in [0.4, 0.5) is 0 Å². The van der Waals surface area contributed by atoms with E-state index in [4.69, 9.17) is 0 Å². The molecule has 0 aliphatic rings. The number of aryl methyl sites for hydroxylation is 1. The molecular formula is C19H24N2O3S. The van der Waals surface area contributed by atoms with Crippen LogP contribution in [0.25, 0.3) is 0 Å². The van der Waals surface area contributed by atoms with Crippen molar-refractivity contribution in [2.75, 3.05) is 5.75 Å². The van der Waals surface area contributed by atoms with Gasteiger partial charge in [-0.05, 0) is 31.4 Å². The van der Waals surface area contributed by atoms with Crippen molar-refractivity contribution in [3.63, 3.8) is 0 Å². The van der Waals surface area contributed by atoms with E-state index in [1.165, 1.54) is 0 Å². The molecule has 0 saturated carbocycles. The Bertz CT molecular complexity index is 775. The Kier molecular flexibility index (Phi) is 6.73. The summed E-state index contributed by atoms with van der Waals surface area (Å²) >= 11 is 0. The first-order chi connectivity index (χ1) is 11.9. The first kappa shape index (κ1) is 19.1. The summed E-state index contributed by atoms with van der Waals surface area (Å²) in [7, 11) is -3.62. The van der Waals surface area contributed by atoms with Crippen molar-refractivity contribution in [3.05, 3.63) is 71.8 Å². The molecule has 2 rings (SSSR count). The van der Waals surface area contributed by atoms with Gasteiger partial charge >= 0.3 is 0 Å². The highest BCUT2D eigenvalue weighted by molar-refractivity contribution is 7.89. The summed E-state index contributed by atoms with van der Waals surface area (Å²) < 4.78 is 27.5. The van der Waals surface area contributed by atoms with Gasteiger partial charge in [-0.1, -0.05) is 60.7 Å². The summed E-state index contributed by atoms with van der Waals surface area (Å²) in [5.41, 5.74) is 1.56. The lowest BCUT2D eigenvalue weighted by Crippen LogP contribution is -2.43. The maximum Gasteiger partial charge on any atom is 0.242 e. The SMILES string of the molecule is CC(C)NC(=O)[C@@H](NS(=O)(=O)CCc1ccccc1)c1ccccc1. The van der Waals surface area contributed by atoms with Gasteiger partial charge in [0.05, 0.1) is 5.75 Å². The number of hydrogen-bond acceptors (Lipinski definition) is 3. The van der Waals surface area contributed by atoms with Gasteiger partial charge in [0.1, 0.15) is 6.04 Å². The van der Waals surface area contributed by atoms with Crippen LogP contribution in [0.3, 0.4) is 0 Å². The molecule has 5 nitrogen and oxygen atoms in total. The highest BCUT2D eigenvalue weighted by Crippen LogP contribution is 2.15. The maximum atomic E-state index is 12.5. The van der Waals surface area contributed by atoms with E-state index in [1.807, 2.05) is 50.2 Å². The van der Waals surface area contributed by atoms with Gasteiger partial charge in [-0.2, -0.15) is 4.72 Å². The molecule has 0 spiro atoms. The predicted molar refractivity (Wildman–Crippen MR) is 99.5 cm³/mol. The lowest BCUT2D eigenvalue weighted by atomic mass is 10.1. The molecule has 0 aromatic heterocycles. The van der Waals surface area contributed by atoms with Gasteiger partial charge in [0.25, 0.3) is 0 Å². The second-order valence-electron chi connectivity index (χ2n) is 6.18. The minimum atomic E-state index is -3.62. The molecular weight excluding hydrogens is 336 g/mol. The Morgan fingerprint density at radius 3 is 2.08 bits per heavy atom. The Morgan fingerprint density at radius 2 is 1.52 bits per heavy atom. The second kappa shape index (κ2) is 8.78. The Labute approximate surface area is 149 Å². The fraction of sp³-hybridized carbons (Fsp3) is 0.316. The molecule has 0 unspecified atom stereocenters. The fourth-order valence-corrected chi connectivity index (χ4v) is 3.65. The average molecular weight is 360 g/mol. The van der Waals surface area contributed by atoms with E-state index >= 15 is 0 Å².